The topological polar surface area (TPSA) is 103 Å². The second-order valence-electron chi connectivity index (χ2n) is 8.70. The average molecular weight is 455 g/mol. The number of benzene rings is 1. The fraction of sp³-hybridized carbons (Fsp3) is 0.280. The predicted molar refractivity (Wildman–Crippen MR) is 125 cm³/mol. The molecule has 0 spiro atoms. The van der Waals surface area contributed by atoms with Gasteiger partial charge >= 0.3 is 0 Å². The van der Waals surface area contributed by atoms with E-state index in [0.29, 0.717) is 11.1 Å². The van der Waals surface area contributed by atoms with Crippen molar-refractivity contribution >= 4 is 17.3 Å². The summed E-state index contributed by atoms with van der Waals surface area (Å²) < 4.78 is 3.72. The molecule has 1 aromatic carbocycles. The maximum absolute atomic E-state index is 10.2. The highest BCUT2D eigenvalue weighted by molar-refractivity contribution is 7.99. The number of hydrogen-bond donors (Lipinski definition) is 1. The van der Waals surface area contributed by atoms with E-state index in [0.717, 1.165) is 52.1 Å². The third-order valence-electron chi connectivity index (χ3n) is 6.27. The van der Waals surface area contributed by atoms with Crippen molar-refractivity contribution in [2.24, 2.45) is 0 Å². The van der Waals surface area contributed by atoms with Gasteiger partial charge < -0.3 is 5.11 Å². The Labute approximate surface area is 195 Å². The van der Waals surface area contributed by atoms with Gasteiger partial charge in [-0.2, -0.15) is 20.7 Å². The zero-order valence-corrected chi connectivity index (χ0v) is 19.0. The van der Waals surface area contributed by atoms with Crippen molar-refractivity contribution in [3.05, 3.63) is 66.2 Å². The Hall–Kier alpha value is -3.59. The van der Waals surface area contributed by atoms with Crippen molar-refractivity contribution in [1.29, 1.82) is 10.5 Å². The Bertz CT molecular complexity index is 1410. The maximum Gasteiger partial charge on any atom is 0.103 e. The van der Waals surface area contributed by atoms with Crippen LogP contribution >= 0.6 is 11.8 Å². The lowest BCUT2D eigenvalue weighted by atomic mass is 9.84. The molecule has 0 amide bonds. The predicted octanol–water partition coefficient (Wildman–Crippen LogP) is 4.96. The van der Waals surface area contributed by atoms with Gasteiger partial charge in [0.2, 0.25) is 0 Å². The second kappa shape index (κ2) is 8.40. The van der Waals surface area contributed by atoms with Crippen LogP contribution in [0.2, 0.25) is 0 Å². The molecule has 3 heterocycles. The summed E-state index contributed by atoms with van der Waals surface area (Å²) >= 11 is 1.46. The summed E-state index contributed by atoms with van der Waals surface area (Å²) in [7, 11) is 0. The van der Waals surface area contributed by atoms with Crippen LogP contribution in [0.5, 0.6) is 0 Å². The van der Waals surface area contributed by atoms with Gasteiger partial charge in [0.15, 0.2) is 0 Å². The molecular weight excluding hydrogens is 432 g/mol. The van der Waals surface area contributed by atoms with Crippen LogP contribution in [0.25, 0.3) is 16.6 Å². The minimum Gasteiger partial charge on any atom is -0.390 e. The monoisotopic (exact) mass is 454 g/mol. The van der Waals surface area contributed by atoms with Crippen LogP contribution in [0.1, 0.15) is 49.8 Å². The van der Waals surface area contributed by atoms with Crippen LogP contribution in [0, 0.1) is 22.7 Å². The molecule has 1 aliphatic rings. The van der Waals surface area contributed by atoms with Gasteiger partial charge in [-0.3, -0.25) is 4.68 Å². The minimum atomic E-state index is -0.581. The zero-order chi connectivity index (χ0) is 23.0. The van der Waals surface area contributed by atoms with Gasteiger partial charge in [0.1, 0.15) is 12.1 Å². The summed E-state index contributed by atoms with van der Waals surface area (Å²) in [6, 6.07) is 14.2. The number of pyridine rings is 1. The van der Waals surface area contributed by atoms with Gasteiger partial charge in [-0.05, 0) is 50.8 Å². The highest BCUT2D eigenvalue weighted by atomic mass is 32.2. The van der Waals surface area contributed by atoms with Crippen LogP contribution in [0.3, 0.4) is 0 Å². The molecule has 4 aromatic rings. The Morgan fingerprint density at radius 2 is 1.76 bits per heavy atom. The molecular formula is C25H22N6OS. The molecule has 33 heavy (non-hydrogen) atoms. The van der Waals surface area contributed by atoms with Crippen molar-refractivity contribution in [2.45, 2.75) is 54.0 Å². The third kappa shape index (κ3) is 4.11. The number of aliphatic hydroxyl groups is 1. The molecule has 0 saturated heterocycles. The van der Waals surface area contributed by atoms with E-state index in [-0.39, 0.29) is 6.04 Å². The molecule has 1 N–H and O–H groups in total. The number of nitriles is 2. The molecule has 0 radical (unpaired) electrons. The van der Waals surface area contributed by atoms with E-state index in [2.05, 4.69) is 22.3 Å². The number of fused-ring (bicyclic) bond motifs is 1. The van der Waals surface area contributed by atoms with Crippen molar-refractivity contribution < 1.29 is 5.11 Å². The van der Waals surface area contributed by atoms with E-state index in [1.165, 1.54) is 11.8 Å². The quantitative estimate of drug-likeness (QED) is 0.468. The lowest BCUT2D eigenvalue weighted by molar-refractivity contribution is 0.00852. The van der Waals surface area contributed by atoms with Gasteiger partial charge in [-0.1, -0.05) is 23.9 Å². The van der Waals surface area contributed by atoms with E-state index in [4.69, 9.17) is 0 Å². The smallest absolute Gasteiger partial charge is 0.103 e. The fourth-order valence-corrected chi connectivity index (χ4v) is 5.44. The van der Waals surface area contributed by atoms with Crippen molar-refractivity contribution in [2.75, 3.05) is 0 Å². The summed E-state index contributed by atoms with van der Waals surface area (Å²) in [5.41, 5.74) is 3.11. The van der Waals surface area contributed by atoms with Crippen molar-refractivity contribution in [1.82, 2.24) is 19.4 Å². The molecule has 0 unspecified atom stereocenters. The van der Waals surface area contributed by atoms with Gasteiger partial charge in [0.05, 0.1) is 40.7 Å². The van der Waals surface area contributed by atoms with Gasteiger partial charge in [0.25, 0.3) is 0 Å². The van der Waals surface area contributed by atoms with Crippen LogP contribution in [0.15, 0.2) is 64.9 Å². The van der Waals surface area contributed by atoms with E-state index in [1.54, 1.807) is 16.8 Å². The number of hydrogen-bond acceptors (Lipinski definition) is 6. The van der Waals surface area contributed by atoms with Crippen molar-refractivity contribution in [3.8, 4) is 23.3 Å². The lowest BCUT2D eigenvalue weighted by Crippen LogP contribution is -2.31. The normalized spacial score (nSPS) is 20.4. The van der Waals surface area contributed by atoms with E-state index in [9.17, 15) is 15.6 Å². The maximum atomic E-state index is 10.2. The molecule has 1 fully saturated rings. The summed E-state index contributed by atoms with van der Waals surface area (Å²) in [6.07, 6.45) is 10.7. The second-order valence-corrected chi connectivity index (χ2v) is 9.79. The molecule has 3 aromatic heterocycles. The SMILES string of the molecule is C[C@]1(O)CC[C@H](n2cc(-c3cc(Sc4ccccc4C#N)c4c(C#N)cnn4c3)cn2)CC1. The molecule has 0 atom stereocenters. The number of aromatic nitrogens is 4. The van der Waals surface area contributed by atoms with Crippen LogP contribution in [-0.2, 0) is 0 Å². The molecule has 8 heteroatoms. The Balaban J connectivity index is 1.53. The van der Waals surface area contributed by atoms with E-state index in [1.807, 2.05) is 54.5 Å². The lowest BCUT2D eigenvalue weighted by Gasteiger charge is -2.33. The molecule has 0 aliphatic heterocycles. The van der Waals surface area contributed by atoms with Gasteiger partial charge in [-0.15, -0.1) is 0 Å². The highest BCUT2D eigenvalue weighted by Gasteiger charge is 2.29. The summed E-state index contributed by atoms with van der Waals surface area (Å²) in [5.74, 6) is 0. The summed E-state index contributed by atoms with van der Waals surface area (Å²) in [6.45, 7) is 1.90. The molecule has 164 valence electrons. The van der Waals surface area contributed by atoms with Gasteiger partial charge in [0, 0.05) is 33.3 Å². The van der Waals surface area contributed by atoms with Gasteiger partial charge in [-0.25, -0.2) is 4.52 Å². The number of nitrogens with zero attached hydrogens (tertiary/aromatic N) is 6. The molecule has 0 bridgehead atoms. The standard InChI is InChI=1S/C25H22N6OS/c1-25(32)8-6-21(7-9-25)30-16-20(14-28-30)18-10-23(24-19(12-27)13-29-31(24)15-18)33-22-5-3-2-4-17(22)11-26/h2-5,10,13-16,21,32H,6-9H2,1H3/t21-,25-. The Morgan fingerprint density at radius 1 is 1.00 bits per heavy atom. The van der Waals surface area contributed by atoms with Crippen LogP contribution in [0.4, 0.5) is 0 Å². The first kappa shape index (κ1) is 21.3. The van der Waals surface area contributed by atoms with Crippen LogP contribution < -0.4 is 0 Å². The first-order chi connectivity index (χ1) is 16.0. The summed E-state index contributed by atoms with van der Waals surface area (Å²) in [5, 5.41) is 38.3. The first-order valence-corrected chi connectivity index (χ1v) is 11.6. The molecule has 7 nitrogen and oxygen atoms in total. The minimum absolute atomic E-state index is 0.272. The van der Waals surface area contributed by atoms with E-state index < -0.39 is 5.60 Å². The van der Waals surface area contributed by atoms with E-state index >= 15 is 0 Å². The largest absolute Gasteiger partial charge is 0.390 e. The highest BCUT2D eigenvalue weighted by Crippen LogP contribution is 2.38. The molecule has 1 aliphatic carbocycles. The Morgan fingerprint density at radius 3 is 2.52 bits per heavy atom. The Kier molecular flexibility index (Phi) is 5.41. The number of rotatable bonds is 4. The summed E-state index contributed by atoms with van der Waals surface area (Å²) in [4.78, 5) is 1.68. The average Bonchev–Trinajstić information content (AvgIpc) is 3.47. The van der Waals surface area contributed by atoms with Crippen LogP contribution in [-0.4, -0.2) is 30.1 Å². The first-order valence-electron chi connectivity index (χ1n) is 10.8. The van der Waals surface area contributed by atoms with Crippen molar-refractivity contribution in [3.63, 3.8) is 0 Å². The molecule has 5 rings (SSSR count). The fourth-order valence-electron chi connectivity index (χ4n) is 4.34. The third-order valence-corrected chi connectivity index (χ3v) is 7.37. The molecule has 1 saturated carbocycles. The zero-order valence-electron chi connectivity index (χ0n) is 18.1.